The van der Waals surface area contributed by atoms with Crippen LogP contribution >= 0.6 is 0 Å². The third-order valence-electron chi connectivity index (χ3n) is 4.39. The number of carbonyl (C=O) groups is 1. The van der Waals surface area contributed by atoms with E-state index in [1.807, 2.05) is 0 Å². The Morgan fingerprint density at radius 2 is 1.88 bits per heavy atom. The van der Waals surface area contributed by atoms with Crippen molar-refractivity contribution in [3.8, 4) is 0 Å². The predicted octanol–water partition coefficient (Wildman–Crippen LogP) is 2.95. The van der Waals surface area contributed by atoms with Crippen LogP contribution in [-0.4, -0.2) is 33.7 Å². The molecule has 1 aliphatic rings. The van der Waals surface area contributed by atoms with Crippen molar-refractivity contribution in [2.24, 2.45) is 5.92 Å². The van der Waals surface area contributed by atoms with Gasteiger partial charge in [-0.15, -0.1) is 6.58 Å². The highest BCUT2D eigenvalue weighted by molar-refractivity contribution is 7.92. The summed E-state index contributed by atoms with van der Waals surface area (Å²) in [7, 11) is -3.38. The summed E-state index contributed by atoms with van der Waals surface area (Å²) in [5.74, 6) is 0.469. The average Bonchev–Trinajstić information content (AvgIpc) is 2.57. The zero-order valence-electron chi connectivity index (χ0n) is 14.2. The molecule has 132 valence electrons. The highest BCUT2D eigenvalue weighted by Gasteiger charge is 2.17. The van der Waals surface area contributed by atoms with Gasteiger partial charge in [0.2, 0.25) is 10.0 Å². The largest absolute Gasteiger partial charge is 0.352 e. The van der Waals surface area contributed by atoms with E-state index in [9.17, 15) is 13.2 Å². The molecular weight excluding hydrogens is 324 g/mol. The zero-order chi connectivity index (χ0) is 17.6. The van der Waals surface area contributed by atoms with Crippen molar-refractivity contribution in [3.63, 3.8) is 0 Å². The van der Waals surface area contributed by atoms with E-state index in [0.29, 0.717) is 23.7 Å². The minimum atomic E-state index is -3.38. The van der Waals surface area contributed by atoms with Gasteiger partial charge in [-0.25, -0.2) is 8.42 Å². The molecule has 0 unspecified atom stereocenters. The van der Waals surface area contributed by atoms with E-state index in [0.717, 1.165) is 6.26 Å². The number of rotatable bonds is 7. The van der Waals surface area contributed by atoms with Gasteiger partial charge in [0.05, 0.1) is 18.5 Å². The molecule has 1 fully saturated rings. The van der Waals surface area contributed by atoms with Crippen molar-refractivity contribution in [1.29, 1.82) is 0 Å². The number of hydrogen-bond donors (Lipinski definition) is 1. The number of anilines is 1. The van der Waals surface area contributed by atoms with Gasteiger partial charge in [0.25, 0.3) is 5.91 Å². The highest BCUT2D eigenvalue weighted by atomic mass is 32.2. The van der Waals surface area contributed by atoms with Gasteiger partial charge in [0.15, 0.2) is 0 Å². The fourth-order valence-electron chi connectivity index (χ4n) is 3.06. The summed E-state index contributed by atoms with van der Waals surface area (Å²) in [4.78, 5) is 12.2. The summed E-state index contributed by atoms with van der Waals surface area (Å²) in [5.41, 5.74) is 1.07. The monoisotopic (exact) mass is 350 g/mol. The summed E-state index contributed by atoms with van der Waals surface area (Å²) in [6, 6.07) is 6.62. The quantitative estimate of drug-likeness (QED) is 0.769. The molecule has 1 saturated carbocycles. The first kappa shape index (κ1) is 18.5. The number of benzene rings is 1. The summed E-state index contributed by atoms with van der Waals surface area (Å²) in [6.45, 7) is 4.50. The Hall–Kier alpha value is -1.82. The lowest BCUT2D eigenvalue weighted by Crippen LogP contribution is -2.31. The van der Waals surface area contributed by atoms with Gasteiger partial charge in [0, 0.05) is 12.1 Å². The summed E-state index contributed by atoms with van der Waals surface area (Å²) < 4.78 is 24.9. The van der Waals surface area contributed by atoms with Crippen molar-refractivity contribution in [3.05, 3.63) is 42.5 Å². The van der Waals surface area contributed by atoms with Crippen LogP contribution in [0.2, 0.25) is 0 Å². The lowest BCUT2D eigenvalue weighted by molar-refractivity contribution is 0.0943. The van der Waals surface area contributed by atoms with Gasteiger partial charge in [0.1, 0.15) is 0 Å². The van der Waals surface area contributed by atoms with Crippen molar-refractivity contribution in [2.45, 2.75) is 32.1 Å². The number of nitrogens with one attached hydrogen (secondary N) is 1. The Morgan fingerprint density at radius 3 is 2.42 bits per heavy atom. The van der Waals surface area contributed by atoms with Crippen LogP contribution in [0.5, 0.6) is 0 Å². The Labute approximate surface area is 144 Å². The SMILES string of the molecule is C=CCN(c1ccc(C(=O)NCC2CCCCC2)cc1)S(C)(=O)=O. The van der Waals surface area contributed by atoms with Gasteiger partial charge in [-0.3, -0.25) is 9.10 Å². The van der Waals surface area contributed by atoms with Crippen molar-refractivity contribution in [1.82, 2.24) is 5.32 Å². The molecule has 0 bridgehead atoms. The van der Waals surface area contributed by atoms with E-state index in [2.05, 4.69) is 11.9 Å². The maximum Gasteiger partial charge on any atom is 0.251 e. The van der Waals surface area contributed by atoms with Crippen LogP contribution in [0.1, 0.15) is 42.5 Å². The molecule has 1 aliphatic carbocycles. The van der Waals surface area contributed by atoms with Crippen LogP contribution in [0.3, 0.4) is 0 Å². The van der Waals surface area contributed by atoms with Crippen molar-refractivity contribution in [2.75, 3.05) is 23.7 Å². The first-order valence-electron chi connectivity index (χ1n) is 8.38. The molecule has 1 aromatic carbocycles. The fourth-order valence-corrected chi connectivity index (χ4v) is 3.94. The van der Waals surface area contributed by atoms with Crippen molar-refractivity contribution < 1.29 is 13.2 Å². The van der Waals surface area contributed by atoms with E-state index in [4.69, 9.17) is 0 Å². The first-order valence-corrected chi connectivity index (χ1v) is 10.2. The molecule has 0 atom stereocenters. The van der Waals surface area contributed by atoms with Gasteiger partial charge in [-0.05, 0) is 43.0 Å². The molecule has 0 saturated heterocycles. The van der Waals surface area contributed by atoms with Gasteiger partial charge in [-0.1, -0.05) is 25.3 Å². The molecular formula is C18H26N2O3S. The van der Waals surface area contributed by atoms with E-state index in [1.165, 1.54) is 42.5 Å². The van der Waals surface area contributed by atoms with Crippen LogP contribution < -0.4 is 9.62 Å². The molecule has 5 nitrogen and oxygen atoms in total. The number of nitrogens with zero attached hydrogens (tertiary/aromatic N) is 1. The van der Waals surface area contributed by atoms with Gasteiger partial charge >= 0.3 is 0 Å². The lowest BCUT2D eigenvalue weighted by atomic mass is 9.89. The van der Waals surface area contributed by atoms with E-state index >= 15 is 0 Å². The Balaban J connectivity index is 1.99. The van der Waals surface area contributed by atoms with E-state index < -0.39 is 10.0 Å². The molecule has 0 aliphatic heterocycles. The minimum absolute atomic E-state index is 0.109. The zero-order valence-corrected chi connectivity index (χ0v) is 15.0. The van der Waals surface area contributed by atoms with Gasteiger partial charge in [-0.2, -0.15) is 0 Å². The second kappa shape index (κ2) is 8.33. The molecule has 0 aromatic heterocycles. The average molecular weight is 350 g/mol. The Bertz CT molecular complexity index is 662. The molecule has 0 spiro atoms. The van der Waals surface area contributed by atoms with Crippen LogP contribution in [0.25, 0.3) is 0 Å². The molecule has 1 aromatic rings. The third kappa shape index (κ3) is 5.09. The smallest absolute Gasteiger partial charge is 0.251 e. The molecule has 24 heavy (non-hydrogen) atoms. The number of amides is 1. The summed E-state index contributed by atoms with van der Waals surface area (Å²) in [6.07, 6.45) is 8.86. The van der Waals surface area contributed by atoms with E-state index in [-0.39, 0.29) is 12.5 Å². The fraction of sp³-hybridized carbons (Fsp3) is 0.500. The third-order valence-corrected chi connectivity index (χ3v) is 5.55. The maximum atomic E-state index is 12.2. The molecule has 0 heterocycles. The van der Waals surface area contributed by atoms with E-state index in [1.54, 1.807) is 24.3 Å². The number of carbonyl (C=O) groups excluding carboxylic acids is 1. The summed E-state index contributed by atoms with van der Waals surface area (Å²) in [5, 5.41) is 2.99. The second-order valence-corrected chi connectivity index (χ2v) is 8.25. The Morgan fingerprint density at radius 1 is 1.25 bits per heavy atom. The topological polar surface area (TPSA) is 66.5 Å². The number of sulfonamides is 1. The Kier molecular flexibility index (Phi) is 6.43. The second-order valence-electron chi connectivity index (χ2n) is 6.34. The van der Waals surface area contributed by atoms with Gasteiger partial charge < -0.3 is 5.32 Å². The standard InChI is InChI=1S/C18H26N2O3S/c1-3-13-20(24(2,22)23)17-11-9-16(10-12-17)18(21)19-14-15-7-5-4-6-8-15/h3,9-12,15H,1,4-8,13-14H2,2H3,(H,19,21). The predicted molar refractivity (Wildman–Crippen MR) is 97.7 cm³/mol. The van der Waals surface area contributed by atoms with Crippen LogP contribution in [0, 0.1) is 5.92 Å². The van der Waals surface area contributed by atoms with Crippen LogP contribution in [0.15, 0.2) is 36.9 Å². The maximum absolute atomic E-state index is 12.2. The molecule has 1 amide bonds. The molecule has 2 rings (SSSR count). The molecule has 0 radical (unpaired) electrons. The number of hydrogen-bond acceptors (Lipinski definition) is 3. The van der Waals surface area contributed by atoms with Crippen molar-refractivity contribution >= 4 is 21.6 Å². The first-order chi connectivity index (χ1) is 11.4. The van der Waals surface area contributed by atoms with Crippen LogP contribution in [0.4, 0.5) is 5.69 Å². The molecule has 6 heteroatoms. The minimum Gasteiger partial charge on any atom is -0.352 e. The summed E-state index contributed by atoms with van der Waals surface area (Å²) >= 11 is 0. The molecule has 1 N–H and O–H groups in total. The van der Waals surface area contributed by atoms with Crippen LogP contribution in [-0.2, 0) is 10.0 Å². The highest BCUT2D eigenvalue weighted by Crippen LogP contribution is 2.23. The lowest BCUT2D eigenvalue weighted by Gasteiger charge is -2.22. The normalized spacial score (nSPS) is 15.7.